The summed E-state index contributed by atoms with van der Waals surface area (Å²) in [4.78, 5) is 11.8. The summed E-state index contributed by atoms with van der Waals surface area (Å²) >= 11 is 0. The molecule has 0 radical (unpaired) electrons. The van der Waals surface area contributed by atoms with Gasteiger partial charge in [-0.05, 0) is 25.5 Å². The van der Waals surface area contributed by atoms with Crippen LogP contribution in [-0.2, 0) is 0 Å². The van der Waals surface area contributed by atoms with E-state index in [0.29, 0.717) is 17.7 Å². The van der Waals surface area contributed by atoms with Crippen molar-refractivity contribution < 1.29 is 4.79 Å². The molecule has 0 saturated carbocycles. The van der Waals surface area contributed by atoms with Gasteiger partial charge in [0.15, 0.2) is 5.78 Å². The molecule has 2 N–H and O–H groups in total. The molecule has 0 atom stereocenters. The number of Topliss-reactive ketones (excluding diaryl/α,β-unsaturated/α-hetero) is 1. The minimum atomic E-state index is 0.0584. The Kier molecular flexibility index (Phi) is 3.67. The zero-order valence-corrected chi connectivity index (χ0v) is 9.34. The van der Waals surface area contributed by atoms with Gasteiger partial charge in [0.1, 0.15) is 0 Å². The Morgan fingerprint density at radius 1 is 1.47 bits per heavy atom. The quantitative estimate of drug-likeness (QED) is 0.464. The summed E-state index contributed by atoms with van der Waals surface area (Å²) in [6.45, 7) is 7.77. The summed E-state index contributed by atoms with van der Waals surface area (Å²) in [7, 11) is 0. The molecule has 1 aromatic carbocycles. The van der Waals surface area contributed by atoms with E-state index < -0.39 is 0 Å². The number of nitrogen functional groups attached to an aromatic ring is 1. The minimum Gasteiger partial charge on any atom is -0.398 e. The van der Waals surface area contributed by atoms with Gasteiger partial charge in [-0.25, -0.2) is 0 Å². The highest BCUT2D eigenvalue weighted by molar-refractivity contribution is 6.02. The molecule has 0 heterocycles. The van der Waals surface area contributed by atoms with Gasteiger partial charge in [-0.15, -0.1) is 0 Å². The predicted molar refractivity (Wildman–Crippen MR) is 64.0 cm³/mol. The first-order valence-electron chi connectivity index (χ1n) is 5.10. The van der Waals surface area contributed by atoms with E-state index in [-0.39, 0.29) is 5.78 Å². The molecule has 0 amide bonds. The second-order valence-corrected chi connectivity index (χ2v) is 3.79. The van der Waals surface area contributed by atoms with Gasteiger partial charge in [-0.2, -0.15) is 0 Å². The molecule has 0 aliphatic rings. The van der Waals surface area contributed by atoms with E-state index in [0.717, 1.165) is 17.6 Å². The molecule has 2 heteroatoms. The third-order valence-corrected chi connectivity index (χ3v) is 2.42. The zero-order valence-electron chi connectivity index (χ0n) is 9.34. The molecule has 80 valence electrons. The number of hydrogen-bond donors (Lipinski definition) is 1. The van der Waals surface area contributed by atoms with Crippen LogP contribution in [0.3, 0.4) is 0 Å². The molecule has 0 aliphatic carbocycles. The highest BCUT2D eigenvalue weighted by Crippen LogP contribution is 2.18. The Labute approximate surface area is 90.8 Å². The fourth-order valence-corrected chi connectivity index (χ4v) is 1.36. The smallest absolute Gasteiger partial charge is 0.168 e. The van der Waals surface area contributed by atoms with Gasteiger partial charge < -0.3 is 5.73 Å². The van der Waals surface area contributed by atoms with Crippen LogP contribution in [-0.4, -0.2) is 5.78 Å². The van der Waals surface area contributed by atoms with Crippen molar-refractivity contribution in [3.8, 4) is 0 Å². The Morgan fingerprint density at radius 3 is 2.73 bits per heavy atom. The van der Waals surface area contributed by atoms with E-state index in [4.69, 9.17) is 5.73 Å². The van der Waals surface area contributed by atoms with Crippen LogP contribution in [0.4, 0.5) is 5.69 Å². The average molecular weight is 203 g/mol. The lowest BCUT2D eigenvalue weighted by atomic mass is 10.00. The molecule has 0 unspecified atom stereocenters. The number of anilines is 1. The van der Waals surface area contributed by atoms with Gasteiger partial charge in [0.05, 0.1) is 0 Å². The lowest BCUT2D eigenvalue weighted by molar-refractivity contribution is 0.0993. The normalized spacial score (nSPS) is 10.0. The van der Waals surface area contributed by atoms with Gasteiger partial charge in [0.2, 0.25) is 0 Å². The minimum absolute atomic E-state index is 0.0584. The van der Waals surface area contributed by atoms with Gasteiger partial charge >= 0.3 is 0 Å². The van der Waals surface area contributed by atoms with E-state index in [1.165, 1.54) is 0 Å². The molecule has 0 bridgehead atoms. The van der Waals surface area contributed by atoms with Crippen molar-refractivity contribution in [3.63, 3.8) is 0 Å². The molecule has 0 fully saturated rings. The standard InChI is InChI=1S/C13H17NO/c1-4-9(2)8-13(15)11-7-10(3)5-6-12(11)14/h5-7H,2,4,8,14H2,1,3H3. The average Bonchev–Trinajstić information content (AvgIpc) is 2.21. The van der Waals surface area contributed by atoms with Crippen LogP contribution in [0, 0.1) is 6.92 Å². The molecular weight excluding hydrogens is 186 g/mol. The van der Waals surface area contributed by atoms with Crippen molar-refractivity contribution in [1.82, 2.24) is 0 Å². The summed E-state index contributed by atoms with van der Waals surface area (Å²) in [5.74, 6) is 0.0584. The predicted octanol–water partition coefficient (Wildman–Crippen LogP) is 3.12. The largest absolute Gasteiger partial charge is 0.398 e. The molecule has 0 spiro atoms. The van der Waals surface area contributed by atoms with Crippen LogP contribution in [0.2, 0.25) is 0 Å². The molecule has 1 rings (SSSR count). The molecule has 2 nitrogen and oxygen atoms in total. The monoisotopic (exact) mass is 203 g/mol. The van der Waals surface area contributed by atoms with Crippen LogP contribution in [0.5, 0.6) is 0 Å². The number of hydrogen-bond acceptors (Lipinski definition) is 2. The topological polar surface area (TPSA) is 43.1 Å². The number of allylic oxidation sites excluding steroid dienone is 1. The Hall–Kier alpha value is -1.57. The van der Waals surface area contributed by atoms with E-state index in [2.05, 4.69) is 6.58 Å². The van der Waals surface area contributed by atoms with Crippen molar-refractivity contribution in [2.75, 3.05) is 5.73 Å². The van der Waals surface area contributed by atoms with Crippen molar-refractivity contribution >= 4 is 11.5 Å². The summed E-state index contributed by atoms with van der Waals surface area (Å²) in [5, 5.41) is 0. The Balaban J connectivity index is 2.91. The number of carbonyl (C=O) groups excluding carboxylic acids is 1. The van der Waals surface area contributed by atoms with Gasteiger partial charge in [0, 0.05) is 17.7 Å². The van der Waals surface area contributed by atoms with E-state index in [1.54, 1.807) is 6.07 Å². The lowest BCUT2D eigenvalue weighted by Gasteiger charge is -2.06. The van der Waals surface area contributed by atoms with Crippen molar-refractivity contribution in [2.24, 2.45) is 0 Å². The van der Waals surface area contributed by atoms with Crippen LogP contribution in [0.25, 0.3) is 0 Å². The molecule has 15 heavy (non-hydrogen) atoms. The maximum atomic E-state index is 11.8. The second-order valence-electron chi connectivity index (χ2n) is 3.79. The zero-order chi connectivity index (χ0) is 11.4. The van der Waals surface area contributed by atoms with Crippen LogP contribution in [0.15, 0.2) is 30.4 Å². The SMILES string of the molecule is C=C(CC)CC(=O)c1cc(C)ccc1N. The fraction of sp³-hybridized carbons (Fsp3) is 0.308. The van der Waals surface area contributed by atoms with E-state index in [1.807, 2.05) is 26.0 Å². The van der Waals surface area contributed by atoms with Crippen LogP contribution >= 0.6 is 0 Å². The lowest BCUT2D eigenvalue weighted by Crippen LogP contribution is -2.04. The van der Waals surface area contributed by atoms with Crippen LogP contribution < -0.4 is 5.73 Å². The van der Waals surface area contributed by atoms with Crippen molar-refractivity contribution in [2.45, 2.75) is 26.7 Å². The van der Waals surface area contributed by atoms with E-state index >= 15 is 0 Å². The Morgan fingerprint density at radius 2 is 2.13 bits per heavy atom. The summed E-state index contributed by atoms with van der Waals surface area (Å²) in [6.07, 6.45) is 1.22. The van der Waals surface area contributed by atoms with Gasteiger partial charge in [-0.1, -0.05) is 30.7 Å². The fourth-order valence-electron chi connectivity index (χ4n) is 1.36. The van der Waals surface area contributed by atoms with Crippen molar-refractivity contribution in [3.05, 3.63) is 41.5 Å². The molecule has 0 aliphatic heterocycles. The first-order valence-corrected chi connectivity index (χ1v) is 5.10. The number of benzene rings is 1. The first kappa shape index (κ1) is 11.5. The number of carbonyl (C=O) groups is 1. The maximum Gasteiger partial charge on any atom is 0.168 e. The highest BCUT2D eigenvalue weighted by atomic mass is 16.1. The van der Waals surface area contributed by atoms with E-state index in [9.17, 15) is 4.79 Å². The van der Waals surface area contributed by atoms with Gasteiger partial charge in [0.25, 0.3) is 0 Å². The molecule has 1 aromatic rings. The molecule has 0 aromatic heterocycles. The van der Waals surface area contributed by atoms with Crippen LogP contribution in [0.1, 0.15) is 35.7 Å². The molecular formula is C13H17NO. The Bertz CT molecular complexity index is 394. The molecule has 0 saturated heterocycles. The second kappa shape index (κ2) is 4.78. The first-order chi connectivity index (χ1) is 7.04. The van der Waals surface area contributed by atoms with Crippen molar-refractivity contribution in [1.29, 1.82) is 0 Å². The third kappa shape index (κ3) is 2.94. The maximum absolute atomic E-state index is 11.8. The number of ketones is 1. The van der Waals surface area contributed by atoms with Gasteiger partial charge in [-0.3, -0.25) is 4.79 Å². The summed E-state index contributed by atoms with van der Waals surface area (Å²) in [6, 6.07) is 5.51. The number of nitrogens with two attached hydrogens (primary N) is 1. The summed E-state index contributed by atoms with van der Waals surface area (Å²) < 4.78 is 0. The number of rotatable bonds is 4. The third-order valence-electron chi connectivity index (χ3n) is 2.42. The number of aryl methyl sites for hydroxylation is 1. The summed E-state index contributed by atoms with van der Waals surface area (Å²) in [5.41, 5.74) is 8.92. The highest BCUT2D eigenvalue weighted by Gasteiger charge is 2.10.